The minimum atomic E-state index is 0.575. The first-order valence-corrected chi connectivity index (χ1v) is 9.16. The Kier molecular flexibility index (Phi) is 5.46. The molecule has 2 N–H and O–H groups in total. The highest BCUT2D eigenvalue weighted by molar-refractivity contribution is 7.99. The molecule has 0 aliphatic rings. The maximum absolute atomic E-state index is 6.40. The number of nitrogens with two attached hydrogens (primary N) is 1. The summed E-state index contributed by atoms with van der Waals surface area (Å²) in [6, 6.07) is 15.9. The van der Waals surface area contributed by atoms with Crippen molar-refractivity contribution < 1.29 is 0 Å². The average Bonchev–Trinajstić information content (AvgIpc) is 2.61. The molecular weight excluding hydrogens is 352 g/mol. The molecule has 128 valence electrons. The maximum Gasteiger partial charge on any atom is 0.160 e. The van der Waals surface area contributed by atoms with Gasteiger partial charge in [0.05, 0.1) is 0 Å². The second kappa shape index (κ2) is 7.76. The van der Waals surface area contributed by atoms with Gasteiger partial charge in [-0.3, -0.25) is 0 Å². The van der Waals surface area contributed by atoms with Gasteiger partial charge in [0.25, 0.3) is 0 Å². The predicted octanol–water partition coefficient (Wildman–Crippen LogP) is 5.33. The quantitative estimate of drug-likeness (QED) is 0.615. The third-order valence-corrected chi connectivity index (χ3v) is 5.02. The Morgan fingerprint density at radius 3 is 2.56 bits per heavy atom. The lowest BCUT2D eigenvalue weighted by atomic mass is 10.2. The van der Waals surface area contributed by atoms with Crippen LogP contribution in [-0.2, 0) is 0 Å². The molecule has 1 aromatic heterocycles. The van der Waals surface area contributed by atoms with Crippen LogP contribution >= 0.6 is 23.4 Å². The zero-order valence-corrected chi connectivity index (χ0v) is 15.7. The predicted molar refractivity (Wildman–Crippen MR) is 106 cm³/mol. The number of rotatable bonds is 5. The van der Waals surface area contributed by atoms with Gasteiger partial charge in [0, 0.05) is 22.2 Å². The lowest BCUT2D eigenvalue weighted by molar-refractivity contribution is 0.954. The Morgan fingerprint density at radius 2 is 1.88 bits per heavy atom. The van der Waals surface area contributed by atoms with Crippen molar-refractivity contribution in [3.63, 3.8) is 0 Å². The van der Waals surface area contributed by atoms with Crippen molar-refractivity contribution in [2.45, 2.75) is 23.8 Å². The summed E-state index contributed by atoms with van der Waals surface area (Å²) < 4.78 is 0. The van der Waals surface area contributed by atoms with Crippen molar-refractivity contribution >= 4 is 40.6 Å². The average molecular weight is 371 g/mol. The summed E-state index contributed by atoms with van der Waals surface area (Å²) in [5, 5.41) is 1.44. The van der Waals surface area contributed by atoms with Gasteiger partial charge in [-0.2, -0.15) is 0 Å². The number of hydrogen-bond donors (Lipinski definition) is 1. The highest BCUT2D eigenvalue weighted by Crippen LogP contribution is 2.37. The smallest absolute Gasteiger partial charge is 0.160 e. The van der Waals surface area contributed by atoms with Gasteiger partial charge in [0.2, 0.25) is 0 Å². The standard InChI is InChI=1S/C19H19ClN4S/c1-3-24(15-6-4-5-13(2)11-15)18-17(21)19(23-12-22-18)25-16-9-7-14(20)8-10-16/h4-12H,3,21H2,1-2H3. The summed E-state index contributed by atoms with van der Waals surface area (Å²) in [5.41, 5.74) is 9.23. The van der Waals surface area contributed by atoms with E-state index < -0.39 is 0 Å². The number of nitrogens with zero attached hydrogens (tertiary/aromatic N) is 3. The van der Waals surface area contributed by atoms with E-state index in [1.54, 1.807) is 6.33 Å². The third-order valence-electron chi connectivity index (χ3n) is 3.74. The van der Waals surface area contributed by atoms with Gasteiger partial charge in [0.15, 0.2) is 5.82 Å². The highest BCUT2D eigenvalue weighted by Gasteiger charge is 2.16. The van der Waals surface area contributed by atoms with Crippen LogP contribution in [0.5, 0.6) is 0 Å². The van der Waals surface area contributed by atoms with E-state index in [0.717, 1.165) is 28.0 Å². The Balaban J connectivity index is 1.95. The van der Waals surface area contributed by atoms with E-state index in [9.17, 15) is 0 Å². The van der Waals surface area contributed by atoms with E-state index >= 15 is 0 Å². The first-order chi connectivity index (χ1) is 12.1. The number of halogens is 1. The fourth-order valence-electron chi connectivity index (χ4n) is 2.53. The van der Waals surface area contributed by atoms with Gasteiger partial charge in [-0.1, -0.05) is 35.5 Å². The Hall–Kier alpha value is -2.24. The maximum atomic E-state index is 6.40. The lowest BCUT2D eigenvalue weighted by Crippen LogP contribution is -2.19. The topological polar surface area (TPSA) is 55.0 Å². The molecule has 0 unspecified atom stereocenters. The summed E-state index contributed by atoms with van der Waals surface area (Å²) in [7, 11) is 0. The van der Waals surface area contributed by atoms with E-state index in [2.05, 4.69) is 46.9 Å². The molecule has 0 aliphatic heterocycles. The van der Waals surface area contributed by atoms with Crippen LogP contribution in [0.1, 0.15) is 12.5 Å². The number of aryl methyl sites for hydroxylation is 1. The molecular formula is C19H19ClN4S. The van der Waals surface area contributed by atoms with Crippen LogP contribution in [0, 0.1) is 6.92 Å². The monoisotopic (exact) mass is 370 g/mol. The van der Waals surface area contributed by atoms with Crippen LogP contribution in [-0.4, -0.2) is 16.5 Å². The molecule has 1 heterocycles. The van der Waals surface area contributed by atoms with E-state index in [4.69, 9.17) is 17.3 Å². The summed E-state index contributed by atoms with van der Waals surface area (Å²) in [6.07, 6.45) is 1.56. The van der Waals surface area contributed by atoms with Crippen LogP contribution in [0.25, 0.3) is 0 Å². The summed E-state index contributed by atoms with van der Waals surface area (Å²) in [6.45, 7) is 4.91. The number of benzene rings is 2. The van der Waals surface area contributed by atoms with Gasteiger partial charge in [-0.25, -0.2) is 9.97 Å². The SMILES string of the molecule is CCN(c1cccc(C)c1)c1ncnc(Sc2ccc(Cl)cc2)c1N. The zero-order valence-electron chi connectivity index (χ0n) is 14.1. The van der Waals surface area contributed by atoms with Gasteiger partial charge in [0.1, 0.15) is 17.0 Å². The molecule has 0 fully saturated rings. The lowest BCUT2D eigenvalue weighted by Gasteiger charge is -2.24. The minimum Gasteiger partial charge on any atom is -0.394 e. The Bertz CT molecular complexity index is 868. The van der Waals surface area contributed by atoms with E-state index in [1.807, 2.05) is 30.3 Å². The largest absolute Gasteiger partial charge is 0.394 e. The van der Waals surface area contributed by atoms with Crippen molar-refractivity contribution in [2.24, 2.45) is 0 Å². The third kappa shape index (κ3) is 4.06. The van der Waals surface area contributed by atoms with Gasteiger partial charge in [-0.15, -0.1) is 0 Å². The second-order valence-corrected chi connectivity index (χ2v) is 7.05. The highest BCUT2D eigenvalue weighted by atomic mass is 35.5. The molecule has 0 aliphatic carbocycles. The molecule has 0 radical (unpaired) electrons. The molecule has 3 rings (SSSR count). The number of nitrogen functional groups attached to an aromatic ring is 1. The molecule has 25 heavy (non-hydrogen) atoms. The summed E-state index contributed by atoms with van der Waals surface area (Å²) >= 11 is 7.45. The molecule has 0 saturated heterocycles. The number of anilines is 3. The Labute approximate surface area is 157 Å². The fraction of sp³-hybridized carbons (Fsp3) is 0.158. The normalized spacial score (nSPS) is 10.7. The summed E-state index contributed by atoms with van der Waals surface area (Å²) in [5.74, 6) is 0.722. The first kappa shape index (κ1) is 17.6. The summed E-state index contributed by atoms with van der Waals surface area (Å²) in [4.78, 5) is 11.9. The number of aromatic nitrogens is 2. The van der Waals surface area contributed by atoms with Crippen LogP contribution in [0.2, 0.25) is 5.02 Å². The van der Waals surface area contributed by atoms with Crippen molar-refractivity contribution in [1.82, 2.24) is 9.97 Å². The molecule has 0 bridgehead atoms. The Morgan fingerprint density at radius 1 is 1.12 bits per heavy atom. The second-order valence-electron chi connectivity index (χ2n) is 5.56. The first-order valence-electron chi connectivity index (χ1n) is 7.96. The molecule has 0 atom stereocenters. The molecule has 3 aromatic rings. The fourth-order valence-corrected chi connectivity index (χ4v) is 3.45. The molecule has 0 amide bonds. The molecule has 4 nitrogen and oxygen atoms in total. The van der Waals surface area contributed by atoms with Crippen LogP contribution in [0.15, 0.2) is 64.8 Å². The van der Waals surface area contributed by atoms with Crippen molar-refractivity contribution in [1.29, 1.82) is 0 Å². The van der Waals surface area contributed by atoms with Crippen molar-refractivity contribution in [2.75, 3.05) is 17.2 Å². The molecule has 0 saturated carbocycles. The van der Waals surface area contributed by atoms with Crippen molar-refractivity contribution in [3.05, 3.63) is 65.4 Å². The van der Waals surface area contributed by atoms with E-state index in [1.165, 1.54) is 17.3 Å². The van der Waals surface area contributed by atoms with Crippen molar-refractivity contribution in [3.8, 4) is 0 Å². The van der Waals surface area contributed by atoms with Gasteiger partial charge in [-0.05, 0) is 55.8 Å². The minimum absolute atomic E-state index is 0.575. The molecule has 0 spiro atoms. The van der Waals surface area contributed by atoms with E-state index in [0.29, 0.717) is 10.7 Å². The molecule has 2 aromatic carbocycles. The van der Waals surface area contributed by atoms with Crippen LogP contribution < -0.4 is 10.6 Å². The van der Waals surface area contributed by atoms with Gasteiger partial charge >= 0.3 is 0 Å². The van der Waals surface area contributed by atoms with Gasteiger partial charge < -0.3 is 10.6 Å². The molecule has 6 heteroatoms. The van der Waals surface area contributed by atoms with Crippen LogP contribution in [0.3, 0.4) is 0 Å². The van der Waals surface area contributed by atoms with Crippen LogP contribution in [0.4, 0.5) is 17.2 Å². The number of hydrogen-bond acceptors (Lipinski definition) is 5. The van der Waals surface area contributed by atoms with E-state index in [-0.39, 0.29) is 0 Å². The zero-order chi connectivity index (χ0) is 17.8.